The third-order valence-electron chi connectivity index (χ3n) is 3.62. The Morgan fingerprint density at radius 2 is 1.71 bits per heavy atom. The first kappa shape index (κ1) is 14.2. The molecule has 0 fully saturated rings. The average molecular weight is 303 g/mol. The van der Waals surface area contributed by atoms with Gasteiger partial charge in [-0.2, -0.15) is 0 Å². The Bertz CT molecular complexity index is 795. The molecule has 0 saturated carbocycles. The number of hydrogen-bond acceptors (Lipinski definition) is 2. The van der Waals surface area contributed by atoms with Gasteiger partial charge in [0, 0.05) is 9.58 Å². The van der Waals surface area contributed by atoms with E-state index in [0.717, 1.165) is 26.1 Å². The number of fused-ring (bicyclic) bond motifs is 1. The van der Waals surface area contributed by atoms with E-state index >= 15 is 0 Å². The van der Waals surface area contributed by atoms with Gasteiger partial charge in [-0.3, -0.25) is 0 Å². The van der Waals surface area contributed by atoms with Crippen molar-refractivity contribution in [2.45, 2.75) is 13.0 Å². The molecule has 0 saturated heterocycles. The highest BCUT2D eigenvalue weighted by atomic mass is 32.1. The Hall–Kier alpha value is -1.78. The van der Waals surface area contributed by atoms with Crippen molar-refractivity contribution in [2.75, 3.05) is 7.05 Å². The number of nitrogens with one attached hydrogen (secondary N) is 1. The zero-order chi connectivity index (χ0) is 15.0. The fourth-order valence-electron chi connectivity index (χ4n) is 2.55. The van der Waals surface area contributed by atoms with Crippen LogP contribution in [0.4, 0.5) is 8.78 Å². The molecule has 1 nitrogen and oxygen atoms in total. The standard InChI is InChI=1S/C17H15F2NS/c1-10-3-4-13(19)9-14(10)17(20-2)16-8-11-7-12(18)5-6-15(11)21-16/h3-9,17,20H,1-2H3. The van der Waals surface area contributed by atoms with Crippen molar-refractivity contribution < 1.29 is 8.78 Å². The Morgan fingerprint density at radius 1 is 1.00 bits per heavy atom. The molecular formula is C17H15F2NS. The number of thiophene rings is 1. The minimum atomic E-state index is -0.247. The van der Waals surface area contributed by atoms with E-state index in [1.165, 1.54) is 18.2 Å². The number of rotatable bonds is 3. The molecule has 108 valence electrons. The van der Waals surface area contributed by atoms with Crippen LogP contribution in [0, 0.1) is 18.6 Å². The fraction of sp³-hybridized carbons (Fsp3) is 0.176. The summed E-state index contributed by atoms with van der Waals surface area (Å²) < 4.78 is 27.9. The van der Waals surface area contributed by atoms with Crippen molar-refractivity contribution in [2.24, 2.45) is 0 Å². The molecular weight excluding hydrogens is 288 g/mol. The van der Waals surface area contributed by atoms with Gasteiger partial charge in [-0.25, -0.2) is 8.78 Å². The lowest BCUT2D eigenvalue weighted by Crippen LogP contribution is -2.17. The fourth-order valence-corrected chi connectivity index (χ4v) is 3.72. The Morgan fingerprint density at radius 3 is 2.48 bits per heavy atom. The summed E-state index contributed by atoms with van der Waals surface area (Å²) >= 11 is 1.60. The maximum absolute atomic E-state index is 13.5. The summed E-state index contributed by atoms with van der Waals surface area (Å²) in [6.07, 6.45) is 0. The van der Waals surface area contributed by atoms with E-state index in [9.17, 15) is 8.78 Å². The molecule has 1 N–H and O–H groups in total. The topological polar surface area (TPSA) is 12.0 Å². The van der Waals surface area contributed by atoms with Gasteiger partial charge >= 0.3 is 0 Å². The lowest BCUT2D eigenvalue weighted by atomic mass is 9.99. The molecule has 0 aliphatic carbocycles. The molecule has 3 aromatic rings. The lowest BCUT2D eigenvalue weighted by Gasteiger charge is -2.17. The van der Waals surface area contributed by atoms with E-state index in [4.69, 9.17) is 0 Å². The van der Waals surface area contributed by atoms with Crippen LogP contribution in [0.3, 0.4) is 0 Å². The molecule has 2 aromatic carbocycles. The summed E-state index contributed by atoms with van der Waals surface area (Å²) in [4.78, 5) is 1.05. The number of aryl methyl sites for hydroxylation is 1. The van der Waals surface area contributed by atoms with Gasteiger partial charge in [0.2, 0.25) is 0 Å². The van der Waals surface area contributed by atoms with Crippen LogP contribution < -0.4 is 5.32 Å². The van der Waals surface area contributed by atoms with Gasteiger partial charge in [-0.15, -0.1) is 11.3 Å². The van der Waals surface area contributed by atoms with Crippen LogP contribution in [0.1, 0.15) is 22.0 Å². The van der Waals surface area contributed by atoms with Crippen LogP contribution in [-0.4, -0.2) is 7.05 Å². The predicted molar refractivity (Wildman–Crippen MR) is 83.8 cm³/mol. The van der Waals surface area contributed by atoms with Gasteiger partial charge in [-0.1, -0.05) is 6.07 Å². The van der Waals surface area contributed by atoms with Crippen LogP contribution in [0.5, 0.6) is 0 Å². The minimum absolute atomic E-state index is 0.0961. The predicted octanol–water partition coefficient (Wildman–Crippen LogP) is 4.80. The second kappa shape index (κ2) is 5.54. The smallest absolute Gasteiger partial charge is 0.123 e. The highest BCUT2D eigenvalue weighted by Crippen LogP contribution is 2.34. The zero-order valence-electron chi connectivity index (χ0n) is 11.8. The number of hydrogen-bond donors (Lipinski definition) is 1. The van der Waals surface area contributed by atoms with E-state index in [2.05, 4.69) is 5.32 Å². The van der Waals surface area contributed by atoms with Gasteiger partial charge in [0.15, 0.2) is 0 Å². The molecule has 4 heteroatoms. The second-order valence-electron chi connectivity index (χ2n) is 5.05. The number of halogens is 2. The number of benzene rings is 2. The molecule has 0 aliphatic rings. The summed E-state index contributed by atoms with van der Waals surface area (Å²) in [7, 11) is 1.85. The lowest BCUT2D eigenvalue weighted by molar-refractivity contribution is 0.616. The van der Waals surface area contributed by atoms with Gasteiger partial charge in [0.25, 0.3) is 0 Å². The molecule has 0 aliphatic heterocycles. The van der Waals surface area contributed by atoms with Crippen molar-refractivity contribution >= 4 is 21.4 Å². The molecule has 0 amide bonds. The minimum Gasteiger partial charge on any atom is -0.309 e. The Balaban J connectivity index is 2.11. The quantitative estimate of drug-likeness (QED) is 0.733. The van der Waals surface area contributed by atoms with Gasteiger partial charge in [-0.05, 0) is 66.9 Å². The van der Waals surface area contributed by atoms with Crippen LogP contribution >= 0.6 is 11.3 Å². The van der Waals surface area contributed by atoms with Gasteiger partial charge in [0.1, 0.15) is 11.6 Å². The van der Waals surface area contributed by atoms with E-state index in [-0.39, 0.29) is 17.7 Å². The molecule has 1 heterocycles. The van der Waals surface area contributed by atoms with Crippen molar-refractivity contribution in [3.8, 4) is 0 Å². The Kier molecular flexibility index (Phi) is 3.74. The van der Waals surface area contributed by atoms with Crippen molar-refractivity contribution in [3.63, 3.8) is 0 Å². The van der Waals surface area contributed by atoms with E-state index in [0.29, 0.717) is 0 Å². The van der Waals surface area contributed by atoms with Crippen LogP contribution in [0.15, 0.2) is 42.5 Å². The molecule has 0 bridgehead atoms. The Labute approximate surface area is 126 Å². The first-order valence-corrected chi connectivity index (χ1v) is 7.52. The zero-order valence-corrected chi connectivity index (χ0v) is 12.6. The molecule has 1 atom stereocenters. The molecule has 0 radical (unpaired) electrons. The molecule has 1 aromatic heterocycles. The SMILES string of the molecule is CNC(c1cc2cc(F)ccc2s1)c1cc(F)ccc1C. The first-order valence-electron chi connectivity index (χ1n) is 6.71. The normalized spacial score (nSPS) is 12.8. The molecule has 3 rings (SSSR count). The van der Waals surface area contributed by atoms with Crippen molar-refractivity contribution in [1.82, 2.24) is 5.32 Å². The van der Waals surface area contributed by atoms with Crippen LogP contribution in [0.25, 0.3) is 10.1 Å². The van der Waals surface area contributed by atoms with Crippen LogP contribution in [0.2, 0.25) is 0 Å². The van der Waals surface area contributed by atoms with E-state index < -0.39 is 0 Å². The third-order valence-corrected chi connectivity index (χ3v) is 4.80. The average Bonchev–Trinajstić information content (AvgIpc) is 2.86. The largest absolute Gasteiger partial charge is 0.309 e. The highest BCUT2D eigenvalue weighted by Gasteiger charge is 2.17. The van der Waals surface area contributed by atoms with Gasteiger partial charge in [0.05, 0.1) is 6.04 Å². The third kappa shape index (κ3) is 2.69. The van der Waals surface area contributed by atoms with E-state index in [1.807, 2.05) is 20.0 Å². The summed E-state index contributed by atoms with van der Waals surface area (Å²) in [6, 6.07) is 11.4. The van der Waals surface area contributed by atoms with Crippen LogP contribution in [-0.2, 0) is 0 Å². The van der Waals surface area contributed by atoms with E-state index in [1.54, 1.807) is 29.5 Å². The summed E-state index contributed by atoms with van der Waals surface area (Å²) in [5.41, 5.74) is 1.93. The highest BCUT2D eigenvalue weighted by molar-refractivity contribution is 7.19. The molecule has 0 spiro atoms. The maximum Gasteiger partial charge on any atom is 0.123 e. The monoisotopic (exact) mass is 303 g/mol. The van der Waals surface area contributed by atoms with Crippen molar-refractivity contribution in [3.05, 3.63) is 70.1 Å². The summed E-state index contributed by atoms with van der Waals surface area (Å²) in [5, 5.41) is 4.11. The maximum atomic E-state index is 13.5. The molecule has 21 heavy (non-hydrogen) atoms. The van der Waals surface area contributed by atoms with Gasteiger partial charge < -0.3 is 5.32 Å². The first-order chi connectivity index (χ1) is 10.1. The van der Waals surface area contributed by atoms with Crippen molar-refractivity contribution in [1.29, 1.82) is 0 Å². The second-order valence-corrected chi connectivity index (χ2v) is 6.17. The molecule has 1 unspecified atom stereocenters. The summed E-state index contributed by atoms with van der Waals surface area (Å²) in [6.45, 7) is 1.96. The summed E-state index contributed by atoms with van der Waals surface area (Å²) in [5.74, 6) is -0.488.